The molecule has 1 atom stereocenters. The molecule has 1 fully saturated rings. The van der Waals surface area contributed by atoms with Gasteiger partial charge in [0.25, 0.3) is 0 Å². The number of hydrogen-bond acceptors (Lipinski definition) is 6. The van der Waals surface area contributed by atoms with Crippen LogP contribution >= 0.6 is 0 Å². The Morgan fingerprint density at radius 2 is 2.00 bits per heavy atom. The molecule has 0 aliphatic carbocycles. The van der Waals surface area contributed by atoms with Crippen LogP contribution in [-0.2, 0) is 11.3 Å². The Morgan fingerprint density at radius 1 is 1.28 bits per heavy atom. The van der Waals surface area contributed by atoms with Gasteiger partial charge in [0.2, 0.25) is 5.89 Å². The molecule has 0 amide bonds. The minimum atomic E-state index is -0.304. The number of oxazole rings is 1. The van der Waals surface area contributed by atoms with E-state index in [1.807, 2.05) is 38.1 Å². The first-order chi connectivity index (χ1) is 12.0. The van der Waals surface area contributed by atoms with Gasteiger partial charge in [-0.25, -0.2) is 9.78 Å². The zero-order valence-corrected chi connectivity index (χ0v) is 15.3. The lowest BCUT2D eigenvalue weighted by atomic mass is 10.1. The summed E-state index contributed by atoms with van der Waals surface area (Å²) in [6.45, 7) is 9.69. The van der Waals surface area contributed by atoms with Gasteiger partial charge in [0.15, 0.2) is 0 Å². The van der Waals surface area contributed by atoms with E-state index < -0.39 is 0 Å². The van der Waals surface area contributed by atoms with Crippen molar-refractivity contribution in [3.8, 4) is 0 Å². The summed E-state index contributed by atoms with van der Waals surface area (Å²) in [7, 11) is 1.40. The van der Waals surface area contributed by atoms with Crippen molar-refractivity contribution in [2.75, 3.05) is 31.6 Å². The van der Waals surface area contributed by atoms with Gasteiger partial charge in [-0.15, -0.1) is 0 Å². The van der Waals surface area contributed by atoms with Gasteiger partial charge in [-0.1, -0.05) is 0 Å². The van der Waals surface area contributed by atoms with Crippen LogP contribution < -0.4 is 4.90 Å². The molecule has 134 valence electrons. The number of rotatable bonds is 4. The lowest BCUT2D eigenvalue weighted by Gasteiger charge is -2.40. The van der Waals surface area contributed by atoms with Crippen LogP contribution in [0, 0.1) is 13.8 Å². The van der Waals surface area contributed by atoms with Gasteiger partial charge in [0.1, 0.15) is 5.76 Å². The molecule has 0 bridgehead atoms. The lowest BCUT2D eigenvalue weighted by Crippen LogP contribution is -2.51. The maximum Gasteiger partial charge on any atom is 0.337 e. The Balaban J connectivity index is 1.62. The normalized spacial score (nSPS) is 18.4. The molecular weight excluding hydrogens is 318 g/mol. The van der Waals surface area contributed by atoms with Gasteiger partial charge >= 0.3 is 5.97 Å². The molecule has 1 aliphatic rings. The van der Waals surface area contributed by atoms with E-state index in [-0.39, 0.29) is 5.97 Å². The van der Waals surface area contributed by atoms with Crippen LogP contribution in [-0.4, -0.2) is 48.6 Å². The summed E-state index contributed by atoms with van der Waals surface area (Å²) in [5.41, 5.74) is 2.67. The highest BCUT2D eigenvalue weighted by atomic mass is 16.5. The van der Waals surface area contributed by atoms with Gasteiger partial charge in [-0.05, 0) is 45.0 Å². The highest BCUT2D eigenvalue weighted by Gasteiger charge is 2.25. The Hall–Kier alpha value is -2.34. The van der Waals surface area contributed by atoms with E-state index >= 15 is 0 Å². The quantitative estimate of drug-likeness (QED) is 0.796. The molecule has 0 N–H and O–H groups in total. The predicted molar refractivity (Wildman–Crippen MR) is 95.8 cm³/mol. The van der Waals surface area contributed by atoms with E-state index in [0.29, 0.717) is 11.6 Å². The van der Waals surface area contributed by atoms with E-state index in [0.717, 1.165) is 49.2 Å². The van der Waals surface area contributed by atoms with Crippen LogP contribution in [0.2, 0.25) is 0 Å². The van der Waals surface area contributed by atoms with E-state index in [1.165, 1.54) is 7.11 Å². The summed E-state index contributed by atoms with van der Waals surface area (Å²) < 4.78 is 10.5. The second-order valence-corrected chi connectivity index (χ2v) is 6.55. The first-order valence-corrected chi connectivity index (χ1v) is 8.58. The molecular formula is C19H25N3O3. The van der Waals surface area contributed by atoms with Gasteiger partial charge in [0.05, 0.1) is 24.9 Å². The molecule has 6 nitrogen and oxygen atoms in total. The van der Waals surface area contributed by atoms with Crippen molar-refractivity contribution < 1.29 is 13.9 Å². The minimum Gasteiger partial charge on any atom is -0.465 e. The number of carbonyl (C=O) groups is 1. The second-order valence-electron chi connectivity index (χ2n) is 6.55. The summed E-state index contributed by atoms with van der Waals surface area (Å²) in [5, 5.41) is 0. The maximum absolute atomic E-state index is 11.5. The number of aryl methyl sites for hydroxylation is 2. The van der Waals surface area contributed by atoms with Crippen molar-refractivity contribution in [2.45, 2.75) is 33.4 Å². The molecule has 0 saturated carbocycles. The number of esters is 1. The average Bonchev–Trinajstić information content (AvgIpc) is 2.93. The monoisotopic (exact) mass is 343 g/mol. The summed E-state index contributed by atoms with van der Waals surface area (Å²) in [6.07, 6.45) is 0. The summed E-state index contributed by atoms with van der Waals surface area (Å²) in [4.78, 5) is 20.8. The Morgan fingerprint density at radius 3 is 2.56 bits per heavy atom. The molecule has 0 radical (unpaired) electrons. The standard InChI is InChI=1S/C19H25N3O3/c1-13-11-22(17-7-5-16(6-8-17)19(23)24-4)10-9-21(13)12-18-20-14(2)15(3)25-18/h5-8,13H,9-12H2,1-4H3/t13-/m1/s1. The lowest BCUT2D eigenvalue weighted by molar-refractivity contribution is 0.0600. The Bertz CT molecular complexity index is 719. The van der Waals surface area contributed by atoms with Crippen molar-refractivity contribution in [1.29, 1.82) is 0 Å². The third-order valence-electron chi connectivity index (χ3n) is 4.83. The fourth-order valence-corrected chi connectivity index (χ4v) is 3.17. The fraction of sp³-hybridized carbons (Fsp3) is 0.474. The van der Waals surface area contributed by atoms with Gasteiger partial charge in [-0.2, -0.15) is 0 Å². The Labute approximate surface area is 148 Å². The zero-order valence-electron chi connectivity index (χ0n) is 15.3. The van der Waals surface area contributed by atoms with Crippen molar-refractivity contribution in [3.63, 3.8) is 0 Å². The molecule has 1 saturated heterocycles. The molecule has 0 spiro atoms. The number of benzene rings is 1. The molecule has 0 unspecified atom stereocenters. The molecule has 1 aliphatic heterocycles. The average molecular weight is 343 g/mol. The molecule has 1 aromatic heterocycles. The maximum atomic E-state index is 11.5. The van der Waals surface area contributed by atoms with E-state index in [2.05, 4.69) is 21.7 Å². The van der Waals surface area contributed by atoms with Crippen molar-refractivity contribution in [1.82, 2.24) is 9.88 Å². The van der Waals surface area contributed by atoms with Crippen molar-refractivity contribution in [3.05, 3.63) is 47.2 Å². The van der Waals surface area contributed by atoms with Crippen LogP contribution in [0.3, 0.4) is 0 Å². The number of aromatic nitrogens is 1. The van der Waals surface area contributed by atoms with Crippen LogP contribution in [0.25, 0.3) is 0 Å². The SMILES string of the molecule is COC(=O)c1ccc(N2CCN(Cc3nc(C)c(C)o3)[C@H](C)C2)cc1. The number of hydrogen-bond donors (Lipinski definition) is 0. The van der Waals surface area contributed by atoms with Crippen LogP contribution in [0.1, 0.15) is 34.6 Å². The topological polar surface area (TPSA) is 58.8 Å². The molecule has 2 heterocycles. The predicted octanol–water partition coefficient (Wildman–Crippen LogP) is 2.79. The summed E-state index contributed by atoms with van der Waals surface area (Å²) in [5.74, 6) is 1.38. The number of carbonyl (C=O) groups excluding carboxylic acids is 1. The third kappa shape index (κ3) is 3.85. The molecule has 2 aromatic rings. The van der Waals surface area contributed by atoms with Crippen molar-refractivity contribution >= 4 is 11.7 Å². The smallest absolute Gasteiger partial charge is 0.337 e. The van der Waals surface area contributed by atoms with Crippen LogP contribution in [0.15, 0.2) is 28.7 Å². The van der Waals surface area contributed by atoms with Crippen LogP contribution in [0.4, 0.5) is 5.69 Å². The molecule has 6 heteroatoms. The molecule has 25 heavy (non-hydrogen) atoms. The summed E-state index contributed by atoms with van der Waals surface area (Å²) >= 11 is 0. The van der Waals surface area contributed by atoms with Crippen molar-refractivity contribution in [2.24, 2.45) is 0 Å². The number of methoxy groups -OCH3 is 1. The van der Waals surface area contributed by atoms with Crippen LogP contribution in [0.5, 0.6) is 0 Å². The number of nitrogens with zero attached hydrogens (tertiary/aromatic N) is 3. The third-order valence-corrected chi connectivity index (χ3v) is 4.83. The first kappa shape index (κ1) is 17.5. The van der Waals surface area contributed by atoms with E-state index in [1.54, 1.807) is 0 Å². The number of anilines is 1. The first-order valence-electron chi connectivity index (χ1n) is 8.58. The largest absolute Gasteiger partial charge is 0.465 e. The number of piperazine rings is 1. The van der Waals surface area contributed by atoms with Gasteiger partial charge < -0.3 is 14.1 Å². The summed E-state index contributed by atoms with van der Waals surface area (Å²) in [6, 6.07) is 7.99. The van der Waals surface area contributed by atoms with Gasteiger partial charge in [-0.3, -0.25) is 4.90 Å². The van der Waals surface area contributed by atoms with E-state index in [9.17, 15) is 4.79 Å². The highest BCUT2D eigenvalue weighted by molar-refractivity contribution is 5.89. The molecule has 3 rings (SSSR count). The number of ether oxygens (including phenoxy) is 1. The van der Waals surface area contributed by atoms with E-state index in [4.69, 9.17) is 9.15 Å². The minimum absolute atomic E-state index is 0.304. The zero-order chi connectivity index (χ0) is 18.0. The fourth-order valence-electron chi connectivity index (χ4n) is 3.17. The Kier molecular flexibility index (Phi) is 5.08. The second kappa shape index (κ2) is 7.27. The molecule has 1 aromatic carbocycles. The highest BCUT2D eigenvalue weighted by Crippen LogP contribution is 2.22. The van der Waals surface area contributed by atoms with Gasteiger partial charge in [0, 0.05) is 31.4 Å².